The smallest absolute Gasteiger partial charge is 0.410 e. The molecule has 0 saturated carbocycles. The number of amides is 2. The van der Waals surface area contributed by atoms with Gasteiger partial charge in [-0.3, -0.25) is 4.79 Å². The lowest BCUT2D eigenvalue weighted by atomic mass is 9.93. The summed E-state index contributed by atoms with van der Waals surface area (Å²) >= 11 is 0. The average molecular weight is 389 g/mol. The topological polar surface area (TPSA) is 59.1 Å². The third-order valence-corrected chi connectivity index (χ3v) is 5.39. The number of hydrogen-bond donors (Lipinski definition) is 0. The molecule has 0 N–H and O–H groups in total. The van der Waals surface area contributed by atoms with Crippen LogP contribution in [0.25, 0.3) is 0 Å². The summed E-state index contributed by atoms with van der Waals surface area (Å²) in [6.07, 6.45) is 2.61. The van der Waals surface area contributed by atoms with Gasteiger partial charge in [-0.2, -0.15) is 0 Å². The number of nitrogens with zero attached hydrogens (tertiary/aromatic N) is 2. The van der Waals surface area contributed by atoms with Crippen LogP contribution in [0.5, 0.6) is 0 Å². The van der Waals surface area contributed by atoms with Crippen molar-refractivity contribution >= 4 is 12.0 Å². The Bertz CT molecular complexity index is 663. The lowest BCUT2D eigenvalue weighted by molar-refractivity contribution is -0.149. The molecule has 1 aromatic rings. The molecular formula is C22H32N2O4. The van der Waals surface area contributed by atoms with Crippen molar-refractivity contribution in [3.8, 4) is 0 Å². The first kappa shape index (κ1) is 20.6. The Morgan fingerprint density at radius 1 is 1.18 bits per heavy atom. The molecule has 6 nitrogen and oxygen atoms in total. The van der Waals surface area contributed by atoms with Crippen LogP contribution in [-0.2, 0) is 14.3 Å². The number of hydrogen-bond acceptors (Lipinski definition) is 4. The second-order valence-corrected chi connectivity index (χ2v) is 8.75. The largest absolute Gasteiger partial charge is 0.444 e. The van der Waals surface area contributed by atoms with Crippen molar-refractivity contribution in [3.05, 3.63) is 35.9 Å². The summed E-state index contributed by atoms with van der Waals surface area (Å²) in [4.78, 5) is 28.2. The number of benzene rings is 1. The molecule has 0 bridgehead atoms. The zero-order chi connectivity index (χ0) is 20.1. The Morgan fingerprint density at radius 2 is 1.86 bits per heavy atom. The van der Waals surface area contributed by atoms with E-state index in [1.165, 1.54) is 0 Å². The number of rotatable bonds is 4. The summed E-state index contributed by atoms with van der Waals surface area (Å²) in [6.45, 7) is 8.63. The molecule has 28 heavy (non-hydrogen) atoms. The zero-order valence-electron chi connectivity index (χ0n) is 17.2. The van der Waals surface area contributed by atoms with E-state index in [4.69, 9.17) is 9.47 Å². The van der Waals surface area contributed by atoms with Crippen molar-refractivity contribution in [3.63, 3.8) is 0 Å². The van der Waals surface area contributed by atoms with E-state index in [-0.39, 0.29) is 24.7 Å². The fourth-order valence-corrected chi connectivity index (χ4v) is 3.77. The number of piperidine rings is 1. The maximum Gasteiger partial charge on any atom is 0.410 e. The first-order chi connectivity index (χ1) is 13.3. The third-order valence-electron chi connectivity index (χ3n) is 5.39. The molecule has 2 aliphatic heterocycles. The van der Waals surface area contributed by atoms with E-state index in [0.29, 0.717) is 12.5 Å². The number of likely N-dealkylation sites (tertiary alicyclic amines) is 1. The molecule has 2 saturated heterocycles. The lowest BCUT2D eigenvalue weighted by Crippen LogP contribution is -2.45. The van der Waals surface area contributed by atoms with Crippen molar-refractivity contribution in [2.45, 2.75) is 51.7 Å². The molecule has 0 aliphatic carbocycles. The van der Waals surface area contributed by atoms with Gasteiger partial charge < -0.3 is 19.3 Å². The predicted octanol–water partition coefficient (Wildman–Crippen LogP) is 3.62. The van der Waals surface area contributed by atoms with Crippen LogP contribution in [0.1, 0.15) is 51.7 Å². The van der Waals surface area contributed by atoms with Gasteiger partial charge in [0.15, 0.2) is 0 Å². The normalized spacial score (nSPS) is 21.7. The Morgan fingerprint density at radius 3 is 2.50 bits per heavy atom. The minimum atomic E-state index is -0.458. The molecule has 154 valence electrons. The second kappa shape index (κ2) is 8.95. The van der Waals surface area contributed by atoms with E-state index in [1.54, 1.807) is 4.90 Å². The van der Waals surface area contributed by atoms with E-state index >= 15 is 0 Å². The maximum absolute atomic E-state index is 12.2. The Kier molecular flexibility index (Phi) is 6.60. The standard InChI is InChI=1S/C22H32N2O4/c1-22(2,3)28-21(26)23-12-9-17(10-13-23)11-14-24-15-19(27-16-20(24)25)18-7-5-4-6-8-18/h4-8,17,19H,9-16H2,1-3H3/t19-/m0/s1. The molecule has 0 radical (unpaired) electrons. The molecule has 2 fully saturated rings. The number of carbonyl (C=O) groups excluding carboxylic acids is 2. The summed E-state index contributed by atoms with van der Waals surface area (Å²) in [6, 6.07) is 10.1. The molecule has 0 spiro atoms. The first-order valence-electron chi connectivity index (χ1n) is 10.2. The van der Waals surface area contributed by atoms with E-state index < -0.39 is 5.60 Å². The molecule has 2 aliphatic rings. The zero-order valence-corrected chi connectivity index (χ0v) is 17.2. The van der Waals surface area contributed by atoms with Gasteiger partial charge in [0, 0.05) is 19.6 Å². The van der Waals surface area contributed by atoms with E-state index in [9.17, 15) is 9.59 Å². The van der Waals surface area contributed by atoms with E-state index in [0.717, 1.165) is 44.5 Å². The average Bonchev–Trinajstić information content (AvgIpc) is 2.67. The SMILES string of the molecule is CC(C)(C)OC(=O)N1CCC(CCN2C[C@@H](c3ccccc3)OCC2=O)CC1. The molecular weight excluding hydrogens is 356 g/mol. The molecule has 3 rings (SSSR count). The van der Waals surface area contributed by atoms with Crippen LogP contribution in [0.3, 0.4) is 0 Å². The number of carbonyl (C=O) groups is 2. The number of ether oxygens (including phenoxy) is 2. The summed E-state index contributed by atoms with van der Waals surface area (Å²) in [5.41, 5.74) is 0.658. The molecule has 2 amide bonds. The number of morpholine rings is 1. The van der Waals surface area contributed by atoms with Gasteiger partial charge in [-0.15, -0.1) is 0 Å². The molecule has 1 atom stereocenters. The summed E-state index contributed by atoms with van der Waals surface area (Å²) in [5, 5.41) is 0. The summed E-state index contributed by atoms with van der Waals surface area (Å²) in [5.74, 6) is 0.600. The van der Waals surface area contributed by atoms with Crippen LogP contribution in [0.2, 0.25) is 0 Å². The van der Waals surface area contributed by atoms with Gasteiger partial charge in [0.05, 0.1) is 6.54 Å². The molecule has 6 heteroatoms. The van der Waals surface area contributed by atoms with Gasteiger partial charge in [-0.25, -0.2) is 4.79 Å². The minimum Gasteiger partial charge on any atom is -0.444 e. The van der Waals surface area contributed by atoms with Crippen LogP contribution in [0.15, 0.2) is 30.3 Å². The van der Waals surface area contributed by atoms with E-state index in [1.807, 2.05) is 56.0 Å². The monoisotopic (exact) mass is 388 g/mol. The highest BCUT2D eigenvalue weighted by atomic mass is 16.6. The predicted molar refractivity (Wildman–Crippen MR) is 107 cm³/mol. The van der Waals surface area contributed by atoms with Crippen LogP contribution in [0, 0.1) is 5.92 Å². The molecule has 0 aromatic heterocycles. The summed E-state index contributed by atoms with van der Waals surface area (Å²) < 4.78 is 11.2. The van der Waals surface area contributed by atoms with Crippen molar-refractivity contribution in [2.75, 3.05) is 32.8 Å². The van der Waals surface area contributed by atoms with Crippen LogP contribution >= 0.6 is 0 Å². The van der Waals surface area contributed by atoms with Crippen molar-refractivity contribution < 1.29 is 19.1 Å². The fraction of sp³-hybridized carbons (Fsp3) is 0.636. The summed E-state index contributed by atoms with van der Waals surface area (Å²) in [7, 11) is 0. The van der Waals surface area contributed by atoms with Gasteiger partial charge in [0.2, 0.25) is 5.91 Å². The Balaban J connectivity index is 1.44. The Hall–Kier alpha value is -2.08. The Labute approximate surface area is 167 Å². The molecule has 1 aromatic carbocycles. The third kappa shape index (κ3) is 5.71. The highest BCUT2D eigenvalue weighted by Crippen LogP contribution is 2.26. The van der Waals surface area contributed by atoms with Crippen LogP contribution in [0.4, 0.5) is 4.79 Å². The quantitative estimate of drug-likeness (QED) is 0.790. The minimum absolute atomic E-state index is 0.0482. The van der Waals surface area contributed by atoms with Crippen molar-refractivity contribution in [1.82, 2.24) is 9.80 Å². The highest BCUT2D eigenvalue weighted by molar-refractivity contribution is 5.78. The van der Waals surface area contributed by atoms with Gasteiger partial charge in [-0.05, 0) is 51.5 Å². The maximum atomic E-state index is 12.2. The van der Waals surface area contributed by atoms with Gasteiger partial charge >= 0.3 is 6.09 Å². The second-order valence-electron chi connectivity index (χ2n) is 8.75. The van der Waals surface area contributed by atoms with Gasteiger partial charge in [0.25, 0.3) is 0 Å². The highest BCUT2D eigenvalue weighted by Gasteiger charge is 2.30. The molecule has 0 unspecified atom stereocenters. The van der Waals surface area contributed by atoms with Crippen LogP contribution < -0.4 is 0 Å². The lowest BCUT2D eigenvalue weighted by Gasteiger charge is -2.36. The van der Waals surface area contributed by atoms with Crippen molar-refractivity contribution in [2.24, 2.45) is 5.92 Å². The molecule has 2 heterocycles. The fourth-order valence-electron chi connectivity index (χ4n) is 3.77. The van der Waals surface area contributed by atoms with Gasteiger partial charge in [-0.1, -0.05) is 30.3 Å². The van der Waals surface area contributed by atoms with E-state index in [2.05, 4.69) is 0 Å². The first-order valence-corrected chi connectivity index (χ1v) is 10.2. The van der Waals surface area contributed by atoms with Crippen LogP contribution in [-0.4, -0.2) is 60.2 Å². The van der Waals surface area contributed by atoms with Gasteiger partial charge in [0.1, 0.15) is 18.3 Å². The van der Waals surface area contributed by atoms with Crippen molar-refractivity contribution in [1.29, 1.82) is 0 Å².